The number of amides is 1. The Morgan fingerprint density at radius 1 is 0.837 bits per heavy atom. The maximum atomic E-state index is 15.0. The van der Waals surface area contributed by atoms with Crippen LogP contribution in [-0.4, -0.2) is 43.8 Å². The summed E-state index contributed by atoms with van der Waals surface area (Å²) in [6, 6.07) is 25.7. The van der Waals surface area contributed by atoms with Crippen LogP contribution in [0.25, 0.3) is 6.08 Å². The molecule has 3 aliphatic rings. The summed E-state index contributed by atoms with van der Waals surface area (Å²) < 4.78 is 11.8. The van der Waals surface area contributed by atoms with Gasteiger partial charge in [-0.3, -0.25) is 14.4 Å². The number of para-hydroxylation sites is 2. The van der Waals surface area contributed by atoms with Crippen LogP contribution in [0.3, 0.4) is 0 Å². The molecule has 1 spiro atoms. The molecule has 1 fully saturated rings. The molecule has 0 saturated carbocycles. The van der Waals surface area contributed by atoms with Crippen LogP contribution in [0.5, 0.6) is 11.5 Å². The first-order chi connectivity index (χ1) is 20.9. The lowest BCUT2D eigenvalue weighted by molar-refractivity contribution is -0.121. The fourth-order valence-electron chi connectivity index (χ4n) is 7.07. The largest absolute Gasteiger partial charge is 0.493 e. The number of anilines is 2. The zero-order chi connectivity index (χ0) is 29.9. The predicted octanol–water partition coefficient (Wildman–Crippen LogP) is 6.32. The number of ketones is 2. The average Bonchev–Trinajstić information content (AvgIpc) is 3.52. The molecule has 4 aromatic rings. The van der Waals surface area contributed by atoms with Crippen molar-refractivity contribution in [2.45, 2.75) is 17.5 Å². The first kappa shape index (κ1) is 27.2. The first-order valence-corrected chi connectivity index (χ1v) is 14.7. The van der Waals surface area contributed by atoms with E-state index >= 15 is 4.79 Å². The second-order valence-corrected chi connectivity index (χ2v) is 11.8. The molecule has 8 heteroatoms. The molecular weight excluding hydrogens is 608 g/mol. The van der Waals surface area contributed by atoms with E-state index in [2.05, 4.69) is 21.2 Å². The van der Waals surface area contributed by atoms with Crippen molar-refractivity contribution in [3.63, 3.8) is 0 Å². The smallest absolute Gasteiger partial charge is 0.238 e. The van der Waals surface area contributed by atoms with Gasteiger partial charge in [0.2, 0.25) is 5.91 Å². The van der Waals surface area contributed by atoms with E-state index in [1.54, 1.807) is 30.3 Å². The van der Waals surface area contributed by atoms with Crippen LogP contribution >= 0.6 is 15.9 Å². The highest BCUT2D eigenvalue weighted by molar-refractivity contribution is 9.10. The molecule has 0 radical (unpaired) electrons. The Balaban J connectivity index is 1.52. The van der Waals surface area contributed by atoms with Gasteiger partial charge in [-0.05, 0) is 53.6 Å². The molecule has 1 saturated heterocycles. The quantitative estimate of drug-likeness (QED) is 0.250. The maximum Gasteiger partial charge on any atom is 0.238 e. The number of hydrogen-bond donors (Lipinski definition) is 1. The first-order valence-electron chi connectivity index (χ1n) is 13.9. The highest BCUT2D eigenvalue weighted by Gasteiger charge is 2.70. The standard InChI is InChI=1S/C35H27BrN2O5/c1-42-27-17-13-22(19-28(27)43-2)32(39)30-31(33(40)21-11-15-23(36)16-12-21)38-26-10-6-3-7-20(26)14-18-29(38)35(30)24-8-4-5-9-25(24)37-34(35)41/h3-19,29-31H,1-2H3,(H,37,41)/t29-,30+,31+,35+/m1/s1. The summed E-state index contributed by atoms with van der Waals surface area (Å²) in [7, 11) is 3.03. The zero-order valence-corrected chi connectivity index (χ0v) is 25.0. The summed E-state index contributed by atoms with van der Waals surface area (Å²) in [5, 5.41) is 3.06. The van der Waals surface area contributed by atoms with Gasteiger partial charge in [-0.25, -0.2) is 0 Å². The molecule has 0 unspecified atom stereocenters. The van der Waals surface area contributed by atoms with Crippen molar-refractivity contribution in [2.24, 2.45) is 5.92 Å². The number of fused-ring (bicyclic) bond motifs is 6. The molecule has 43 heavy (non-hydrogen) atoms. The Hall–Kier alpha value is -4.69. The van der Waals surface area contributed by atoms with Gasteiger partial charge in [0, 0.05) is 27.0 Å². The zero-order valence-electron chi connectivity index (χ0n) is 23.4. The molecule has 1 N–H and O–H groups in total. The van der Waals surface area contributed by atoms with Crippen LogP contribution in [0.1, 0.15) is 31.8 Å². The molecule has 7 nitrogen and oxygen atoms in total. The number of benzene rings is 4. The summed E-state index contributed by atoms with van der Waals surface area (Å²) in [5.41, 5.74) is 2.43. The van der Waals surface area contributed by atoms with E-state index in [-0.39, 0.29) is 17.5 Å². The molecule has 1 amide bonds. The van der Waals surface area contributed by atoms with Crippen LogP contribution in [-0.2, 0) is 10.2 Å². The van der Waals surface area contributed by atoms with E-state index in [0.29, 0.717) is 33.9 Å². The Morgan fingerprint density at radius 2 is 1.53 bits per heavy atom. The molecule has 0 aromatic heterocycles. The number of carbonyl (C=O) groups excluding carboxylic acids is 3. The van der Waals surface area contributed by atoms with Gasteiger partial charge < -0.3 is 19.7 Å². The highest BCUT2D eigenvalue weighted by atomic mass is 79.9. The van der Waals surface area contributed by atoms with Crippen molar-refractivity contribution < 1.29 is 23.9 Å². The topological polar surface area (TPSA) is 84.9 Å². The second-order valence-electron chi connectivity index (χ2n) is 10.9. The van der Waals surface area contributed by atoms with Gasteiger partial charge in [-0.1, -0.05) is 76.6 Å². The summed E-state index contributed by atoms with van der Waals surface area (Å²) >= 11 is 3.46. The van der Waals surface area contributed by atoms with Crippen molar-refractivity contribution in [1.29, 1.82) is 0 Å². The third-order valence-corrected chi connectivity index (χ3v) is 9.42. The van der Waals surface area contributed by atoms with Crippen LogP contribution in [0, 0.1) is 5.92 Å². The van der Waals surface area contributed by atoms with Crippen LogP contribution in [0.4, 0.5) is 11.4 Å². The van der Waals surface area contributed by atoms with Gasteiger partial charge in [-0.15, -0.1) is 0 Å². The summed E-state index contributed by atoms with van der Waals surface area (Å²) in [5.74, 6) is -1.10. The lowest BCUT2D eigenvalue weighted by Gasteiger charge is -2.37. The molecule has 0 aliphatic carbocycles. The highest BCUT2D eigenvalue weighted by Crippen LogP contribution is 2.58. The van der Waals surface area contributed by atoms with Crippen LogP contribution < -0.4 is 19.7 Å². The molecule has 214 valence electrons. The third-order valence-electron chi connectivity index (χ3n) is 8.89. The molecular formula is C35H27BrN2O5. The Kier molecular flexibility index (Phi) is 6.47. The van der Waals surface area contributed by atoms with E-state index in [4.69, 9.17) is 9.47 Å². The molecule has 3 aliphatic heterocycles. The number of halogens is 1. The fourth-order valence-corrected chi connectivity index (χ4v) is 7.34. The number of carbonyl (C=O) groups is 3. The monoisotopic (exact) mass is 634 g/mol. The van der Waals surface area contributed by atoms with Crippen molar-refractivity contribution >= 4 is 50.9 Å². The van der Waals surface area contributed by atoms with Crippen molar-refractivity contribution in [3.05, 3.63) is 124 Å². The predicted molar refractivity (Wildman–Crippen MR) is 168 cm³/mol. The molecule has 4 aromatic carbocycles. The van der Waals surface area contributed by atoms with Crippen molar-refractivity contribution in [1.82, 2.24) is 0 Å². The Bertz CT molecular complexity index is 1830. The molecule has 7 rings (SSSR count). The van der Waals surface area contributed by atoms with Gasteiger partial charge >= 0.3 is 0 Å². The third kappa shape index (κ3) is 3.89. The minimum Gasteiger partial charge on any atom is -0.493 e. The van der Waals surface area contributed by atoms with Crippen molar-refractivity contribution in [2.75, 3.05) is 24.4 Å². The van der Waals surface area contributed by atoms with E-state index < -0.39 is 23.4 Å². The number of methoxy groups -OCH3 is 2. The maximum absolute atomic E-state index is 15.0. The Labute approximate surface area is 257 Å². The van der Waals surface area contributed by atoms with Gasteiger partial charge in [0.15, 0.2) is 23.1 Å². The lowest BCUT2D eigenvalue weighted by Crippen LogP contribution is -2.51. The minimum absolute atomic E-state index is 0.240. The number of nitrogens with one attached hydrogen (secondary N) is 1. The summed E-state index contributed by atoms with van der Waals surface area (Å²) in [6.45, 7) is 0. The summed E-state index contributed by atoms with van der Waals surface area (Å²) in [6.07, 6.45) is 3.95. The molecule has 4 atom stereocenters. The van der Waals surface area contributed by atoms with Crippen LogP contribution in [0.2, 0.25) is 0 Å². The Morgan fingerprint density at radius 3 is 2.30 bits per heavy atom. The van der Waals surface area contributed by atoms with E-state index in [0.717, 1.165) is 15.7 Å². The number of Topliss-reactive ketones (excluding diaryl/α,β-unsaturated/α-hetero) is 2. The number of hydrogen-bond acceptors (Lipinski definition) is 6. The van der Waals surface area contributed by atoms with E-state index in [1.807, 2.05) is 77.7 Å². The SMILES string of the molecule is COc1ccc(C(=O)[C@@H]2[C@@H](C(=O)c3ccc(Br)cc3)N3c4ccccc4C=C[C@@H]3[C@]23C(=O)Nc2ccccc23)cc1OC. The fraction of sp³-hybridized carbons (Fsp3) is 0.171. The van der Waals surface area contributed by atoms with E-state index in [1.165, 1.54) is 14.2 Å². The normalized spacial score (nSPS) is 22.9. The van der Waals surface area contributed by atoms with Gasteiger partial charge in [-0.2, -0.15) is 0 Å². The lowest BCUT2D eigenvalue weighted by atomic mass is 9.64. The van der Waals surface area contributed by atoms with Gasteiger partial charge in [0.25, 0.3) is 0 Å². The van der Waals surface area contributed by atoms with Gasteiger partial charge in [0.05, 0.1) is 26.2 Å². The van der Waals surface area contributed by atoms with Gasteiger partial charge in [0.1, 0.15) is 11.5 Å². The minimum atomic E-state index is -1.39. The summed E-state index contributed by atoms with van der Waals surface area (Å²) in [4.78, 5) is 46.2. The second kappa shape index (κ2) is 10.2. The molecule has 0 bridgehead atoms. The number of rotatable bonds is 6. The number of ether oxygens (including phenoxy) is 2. The van der Waals surface area contributed by atoms with Crippen LogP contribution in [0.15, 0.2) is 102 Å². The molecule has 3 heterocycles. The van der Waals surface area contributed by atoms with Crippen molar-refractivity contribution in [3.8, 4) is 11.5 Å². The number of nitrogens with zero attached hydrogens (tertiary/aromatic N) is 1. The average molecular weight is 636 g/mol. The van der Waals surface area contributed by atoms with E-state index in [9.17, 15) is 9.59 Å².